The molecule has 0 saturated carbocycles. The van der Waals surface area contributed by atoms with Gasteiger partial charge >= 0.3 is 0 Å². The van der Waals surface area contributed by atoms with E-state index >= 15 is 0 Å². The Balaban J connectivity index is 1.63. The summed E-state index contributed by atoms with van der Waals surface area (Å²) in [6, 6.07) is 23.8. The molecule has 3 aromatic carbocycles. The van der Waals surface area contributed by atoms with Gasteiger partial charge in [-0.2, -0.15) is 0 Å². The van der Waals surface area contributed by atoms with Gasteiger partial charge in [0.1, 0.15) is 5.75 Å². The highest BCUT2D eigenvalue weighted by atomic mass is 32.2. The first-order valence-electron chi connectivity index (χ1n) is 10.0. The molecule has 8 nitrogen and oxygen atoms in total. The number of nitrogens with zero attached hydrogens (tertiary/aromatic N) is 3. The molecule has 0 radical (unpaired) electrons. The van der Waals surface area contributed by atoms with Gasteiger partial charge in [0.25, 0.3) is 5.91 Å². The summed E-state index contributed by atoms with van der Waals surface area (Å²) in [5.74, 6) is 0.416. The van der Waals surface area contributed by atoms with E-state index in [-0.39, 0.29) is 17.2 Å². The molecule has 0 aliphatic rings. The smallest absolute Gasteiger partial charge is 0.250 e. The molecule has 0 fully saturated rings. The Labute approximate surface area is 194 Å². The molecule has 4 rings (SSSR count). The Morgan fingerprint density at radius 2 is 1.67 bits per heavy atom. The van der Waals surface area contributed by atoms with Gasteiger partial charge in [-0.15, -0.1) is 10.2 Å². The van der Waals surface area contributed by atoms with Crippen LogP contribution >= 0.6 is 11.8 Å². The molecule has 2 amide bonds. The molecule has 1 heterocycles. The number of nitrogens with one attached hydrogen (secondary N) is 1. The summed E-state index contributed by atoms with van der Waals surface area (Å²) in [7, 11) is 1.60. The summed E-state index contributed by atoms with van der Waals surface area (Å²) in [5, 5.41) is 12.0. The van der Waals surface area contributed by atoms with Crippen molar-refractivity contribution in [2.45, 2.75) is 5.16 Å². The van der Waals surface area contributed by atoms with Crippen molar-refractivity contribution in [2.24, 2.45) is 5.73 Å². The third-order valence-electron chi connectivity index (χ3n) is 4.79. The highest BCUT2D eigenvalue weighted by Crippen LogP contribution is 2.32. The summed E-state index contributed by atoms with van der Waals surface area (Å²) < 4.78 is 7.41. The summed E-state index contributed by atoms with van der Waals surface area (Å²) in [5.41, 5.74) is 7.65. The zero-order chi connectivity index (χ0) is 23.2. The number of carbonyl (C=O) groups excluding carboxylic acids is 2. The number of hydrogen-bond acceptors (Lipinski definition) is 6. The maximum absolute atomic E-state index is 12.6. The van der Waals surface area contributed by atoms with Gasteiger partial charge in [0.15, 0.2) is 11.0 Å². The number of para-hydroxylation sites is 3. The average Bonchev–Trinajstić information content (AvgIpc) is 3.27. The van der Waals surface area contributed by atoms with Crippen LogP contribution in [-0.4, -0.2) is 39.4 Å². The minimum atomic E-state index is -0.609. The van der Waals surface area contributed by atoms with Crippen LogP contribution < -0.4 is 15.8 Å². The molecule has 0 aliphatic carbocycles. The summed E-state index contributed by atoms with van der Waals surface area (Å²) >= 11 is 1.22. The number of carbonyl (C=O) groups is 2. The largest absolute Gasteiger partial charge is 0.495 e. The fraction of sp³-hybridized carbons (Fsp3) is 0.0833. The van der Waals surface area contributed by atoms with Crippen LogP contribution in [0.5, 0.6) is 5.75 Å². The molecule has 0 atom stereocenters. The molecular formula is C24H21N5O3S. The minimum absolute atomic E-state index is 0.0508. The van der Waals surface area contributed by atoms with Crippen LogP contribution in [0.2, 0.25) is 0 Å². The van der Waals surface area contributed by atoms with E-state index in [0.29, 0.717) is 22.4 Å². The van der Waals surface area contributed by atoms with E-state index in [0.717, 1.165) is 11.3 Å². The lowest BCUT2D eigenvalue weighted by Gasteiger charge is -2.14. The van der Waals surface area contributed by atoms with Crippen molar-refractivity contribution in [2.75, 3.05) is 18.2 Å². The third kappa shape index (κ3) is 4.88. The van der Waals surface area contributed by atoms with Gasteiger partial charge in [-0.25, -0.2) is 0 Å². The van der Waals surface area contributed by atoms with Crippen LogP contribution in [-0.2, 0) is 4.79 Å². The molecule has 0 unspecified atom stereocenters. The van der Waals surface area contributed by atoms with E-state index in [1.807, 2.05) is 59.2 Å². The van der Waals surface area contributed by atoms with Gasteiger partial charge in [-0.1, -0.05) is 66.4 Å². The van der Waals surface area contributed by atoms with Crippen molar-refractivity contribution in [3.63, 3.8) is 0 Å². The second-order valence-electron chi connectivity index (χ2n) is 6.93. The summed E-state index contributed by atoms with van der Waals surface area (Å²) in [6.07, 6.45) is 0. The average molecular weight is 460 g/mol. The number of hydrogen-bond donors (Lipinski definition) is 2. The molecule has 9 heteroatoms. The summed E-state index contributed by atoms with van der Waals surface area (Å²) in [6.45, 7) is 0. The van der Waals surface area contributed by atoms with Gasteiger partial charge in [0, 0.05) is 5.56 Å². The fourth-order valence-corrected chi connectivity index (χ4v) is 4.04. The second kappa shape index (κ2) is 10.0. The Hall–Kier alpha value is -4.11. The van der Waals surface area contributed by atoms with Crippen molar-refractivity contribution in [1.82, 2.24) is 14.8 Å². The number of nitrogens with two attached hydrogens (primary N) is 1. The Kier molecular flexibility index (Phi) is 6.70. The van der Waals surface area contributed by atoms with E-state index in [1.54, 1.807) is 31.4 Å². The highest BCUT2D eigenvalue weighted by Gasteiger charge is 2.20. The number of anilines is 1. The van der Waals surface area contributed by atoms with Crippen molar-refractivity contribution < 1.29 is 14.3 Å². The molecule has 33 heavy (non-hydrogen) atoms. The van der Waals surface area contributed by atoms with Gasteiger partial charge in [0.2, 0.25) is 5.91 Å². The van der Waals surface area contributed by atoms with E-state index in [2.05, 4.69) is 15.5 Å². The van der Waals surface area contributed by atoms with Gasteiger partial charge in [-0.3, -0.25) is 14.2 Å². The predicted molar refractivity (Wildman–Crippen MR) is 128 cm³/mol. The Morgan fingerprint density at radius 3 is 2.42 bits per heavy atom. The topological polar surface area (TPSA) is 112 Å². The Bertz CT molecular complexity index is 1290. The van der Waals surface area contributed by atoms with Crippen molar-refractivity contribution in [1.29, 1.82) is 0 Å². The first kappa shape index (κ1) is 22.1. The normalized spacial score (nSPS) is 10.6. The molecule has 166 valence electrons. The van der Waals surface area contributed by atoms with Gasteiger partial charge < -0.3 is 15.8 Å². The first-order chi connectivity index (χ1) is 16.1. The van der Waals surface area contributed by atoms with Gasteiger partial charge in [0.05, 0.1) is 29.8 Å². The molecule has 0 saturated heterocycles. The Morgan fingerprint density at radius 1 is 0.970 bits per heavy atom. The molecule has 3 N–H and O–H groups in total. The number of thioether (sulfide) groups is 1. The van der Waals surface area contributed by atoms with Crippen molar-refractivity contribution >= 4 is 29.3 Å². The van der Waals surface area contributed by atoms with Gasteiger partial charge in [-0.05, 0) is 24.3 Å². The van der Waals surface area contributed by atoms with Crippen molar-refractivity contribution in [3.05, 3.63) is 84.4 Å². The standard InChI is InChI=1S/C24H21N5O3S/c1-32-20-14-8-7-13-19(20)29-23(16-9-3-2-4-10-16)27-28-24(29)33-15-21(30)26-18-12-6-5-11-17(18)22(25)31/h2-14H,15H2,1H3,(H2,25,31)(H,26,30). The number of rotatable bonds is 8. The van der Waals surface area contributed by atoms with E-state index in [9.17, 15) is 9.59 Å². The molecule has 0 aliphatic heterocycles. The maximum atomic E-state index is 12.6. The monoisotopic (exact) mass is 459 g/mol. The zero-order valence-electron chi connectivity index (χ0n) is 17.8. The fourth-order valence-electron chi connectivity index (χ4n) is 3.29. The number of primary amides is 1. The number of amides is 2. The molecule has 0 spiro atoms. The lowest BCUT2D eigenvalue weighted by atomic mass is 10.1. The molecule has 1 aromatic heterocycles. The van der Waals surface area contributed by atoms with Crippen LogP contribution in [0.4, 0.5) is 5.69 Å². The molecular weight excluding hydrogens is 438 g/mol. The van der Waals surface area contributed by atoms with Crippen LogP contribution in [0.1, 0.15) is 10.4 Å². The van der Waals surface area contributed by atoms with Crippen molar-refractivity contribution in [3.8, 4) is 22.8 Å². The van der Waals surface area contributed by atoms with Crippen LogP contribution in [0.25, 0.3) is 17.1 Å². The lowest BCUT2D eigenvalue weighted by molar-refractivity contribution is -0.113. The van der Waals surface area contributed by atoms with E-state index in [1.165, 1.54) is 11.8 Å². The summed E-state index contributed by atoms with van der Waals surface area (Å²) in [4.78, 5) is 24.3. The third-order valence-corrected chi connectivity index (χ3v) is 5.72. The quantitative estimate of drug-likeness (QED) is 0.388. The first-order valence-corrected chi connectivity index (χ1v) is 11.0. The SMILES string of the molecule is COc1ccccc1-n1c(SCC(=O)Nc2ccccc2C(N)=O)nnc1-c1ccccc1. The van der Waals surface area contributed by atoms with E-state index in [4.69, 9.17) is 10.5 Å². The number of benzene rings is 3. The zero-order valence-corrected chi connectivity index (χ0v) is 18.6. The minimum Gasteiger partial charge on any atom is -0.495 e. The molecule has 0 bridgehead atoms. The van der Waals surface area contributed by atoms with Crippen LogP contribution in [0, 0.1) is 0 Å². The predicted octanol–water partition coefficient (Wildman–Crippen LogP) is 3.77. The van der Waals surface area contributed by atoms with E-state index < -0.39 is 5.91 Å². The van der Waals surface area contributed by atoms with Crippen LogP contribution in [0.15, 0.2) is 84.0 Å². The second-order valence-corrected chi connectivity index (χ2v) is 7.87. The number of ether oxygens (including phenoxy) is 1. The molecule has 4 aromatic rings. The lowest BCUT2D eigenvalue weighted by Crippen LogP contribution is -2.19. The highest BCUT2D eigenvalue weighted by molar-refractivity contribution is 7.99. The number of aromatic nitrogens is 3. The number of methoxy groups -OCH3 is 1. The maximum Gasteiger partial charge on any atom is 0.250 e. The van der Waals surface area contributed by atoms with Crippen LogP contribution in [0.3, 0.4) is 0 Å².